The van der Waals surface area contributed by atoms with Crippen LogP contribution < -0.4 is 10.1 Å². The molecule has 4 heteroatoms. The number of hydrogen-bond donors (Lipinski definition) is 1. The lowest BCUT2D eigenvalue weighted by molar-refractivity contribution is 0.172. The second kappa shape index (κ2) is 3.87. The molecule has 1 atom stereocenters. The highest BCUT2D eigenvalue weighted by atomic mass is 32.1. The first-order valence-electron chi connectivity index (χ1n) is 4.21. The van der Waals surface area contributed by atoms with E-state index < -0.39 is 0 Å². The van der Waals surface area contributed by atoms with Crippen molar-refractivity contribution in [3.63, 3.8) is 0 Å². The molecular weight excluding hydrogens is 172 g/mol. The maximum Gasteiger partial charge on any atom is 0.194 e. The number of thiazole rings is 1. The Hall–Kier alpha value is -0.610. The molecule has 0 amide bonds. The highest BCUT2D eigenvalue weighted by Crippen LogP contribution is 2.19. The molecule has 1 aromatic heterocycles. The summed E-state index contributed by atoms with van der Waals surface area (Å²) in [5.74, 6) is 0. The van der Waals surface area contributed by atoms with E-state index >= 15 is 0 Å². The number of rotatable bonds is 2. The van der Waals surface area contributed by atoms with Crippen molar-refractivity contribution in [3.05, 3.63) is 11.7 Å². The maximum atomic E-state index is 5.69. The molecule has 0 saturated carbocycles. The van der Waals surface area contributed by atoms with E-state index in [1.54, 1.807) is 23.0 Å². The molecule has 2 heterocycles. The predicted octanol–water partition coefficient (Wildman–Crippen LogP) is 1.27. The first kappa shape index (κ1) is 8.01. The van der Waals surface area contributed by atoms with Gasteiger partial charge in [-0.1, -0.05) is 11.3 Å². The minimum atomic E-state index is 0.346. The Morgan fingerprint density at radius 1 is 1.67 bits per heavy atom. The van der Waals surface area contributed by atoms with Crippen LogP contribution in [0, 0.1) is 0 Å². The fourth-order valence-electron chi connectivity index (χ4n) is 1.35. The summed E-state index contributed by atoms with van der Waals surface area (Å²) in [4.78, 5) is 3.96. The van der Waals surface area contributed by atoms with Gasteiger partial charge in [0.2, 0.25) is 0 Å². The molecular formula is C8H12N2OS. The van der Waals surface area contributed by atoms with E-state index in [-0.39, 0.29) is 0 Å². The number of nitrogens with zero attached hydrogens (tertiary/aromatic N) is 1. The van der Waals surface area contributed by atoms with Crippen molar-refractivity contribution in [3.8, 4) is 5.06 Å². The lowest BCUT2D eigenvalue weighted by Crippen LogP contribution is -2.36. The third-order valence-corrected chi connectivity index (χ3v) is 2.61. The molecule has 66 valence electrons. The first-order chi connectivity index (χ1) is 5.95. The molecule has 0 radical (unpaired) electrons. The van der Waals surface area contributed by atoms with Gasteiger partial charge in [-0.25, -0.2) is 4.98 Å². The van der Waals surface area contributed by atoms with Gasteiger partial charge in [-0.2, -0.15) is 0 Å². The minimum Gasteiger partial charge on any atom is -0.478 e. The van der Waals surface area contributed by atoms with Crippen LogP contribution in [0.25, 0.3) is 0 Å². The van der Waals surface area contributed by atoms with Crippen LogP contribution in [0.4, 0.5) is 0 Å². The number of hydrogen-bond acceptors (Lipinski definition) is 4. The minimum absolute atomic E-state index is 0.346. The van der Waals surface area contributed by atoms with E-state index in [1.807, 2.05) is 0 Å². The van der Waals surface area contributed by atoms with Gasteiger partial charge in [0.15, 0.2) is 5.06 Å². The number of piperidine rings is 1. The molecule has 1 aromatic rings. The first-order valence-corrected chi connectivity index (χ1v) is 5.09. The van der Waals surface area contributed by atoms with E-state index in [0.29, 0.717) is 6.10 Å². The Morgan fingerprint density at radius 2 is 2.67 bits per heavy atom. The Labute approximate surface area is 75.8 Å². The fraction of sp³-hybridized carbons (Fsp3) is 0.625. The Morgan fingerprint density at radius 3 is 3.33 bits per heavy atom. The van der Waals surface area contributed by atoms with Crippen LogP contribution in [0.5, 0.6) is 5.06 Å². The van der Waals surface area contributed by atoms with Gasteiger partial charge >= 0.3 is 0 Å². The van der Waals surface area contributed by atoms with Crippen molar-refractivity contribution in [1.29, 1.82) is 0 Å². The largest absolute Gasteiger partial charge is 0.478 e. The molecule has 1 fully saturated rings. The van der Waals surface area contributed by atoms with Crippen molar-refractivity contribution in [2.24, 2.45) is 0 Å². The summed E-state index contributed by atoms with van der Waals surface area (Å²) < 4.78 is 5.69. The van der Waals surface area contributed by atoms with Crippen molar-refractivity contribution in [1.82, 2.24) is 10.3 Å². The van der Waals surface area contributed by atoms with Crippen molar-refractivity contribution in [2.45, 2.75) is 18.9 Å². The van der Waals surface area contributed by atoms with Crippen LogP contribution in [0.3, 0.4) is 0 Å². The SMILES string of the molecule is c1ncc(OC2CCCNC2)s1. The van der Waals surface area contributed by atoms with Gasteiger partial charge in [-0.15, -0.1) is 0 Å². The zero-order chi connectivity index (χ0) is 8.23. The van der Waals surface area contributed by atoms with Crippen LogP contribution in [0.15, 0.2) is 11.7 Å². The fourth-order valence-corrected chi connectivity index (χ4v) is 1.89. The molecule has 12 heavy (non-hydrogen) atoms. The number of aromatic nitrogens is 1. The van der Waals surface area contributed by atoms with E-state index in [1.165, 1.54) is 6.42 Å². The highest BCUT2D eigenvalue weighted by molar-refractivity contribution is 7.11. The van der Waals surface area contributed by atoms with Gasteiger partial charge in [0, 0.05) is 6.54 Å². The molecule has 1 aliphatic heterocycles. The molecule has 1 aliphatic rings. The Balaban J connectivity index is 1.86. The third kappa shape index (κ3) is 1.95. The molecule has 1 N–H and O–H groups in total. The second-order valence-electron chi connectivity index (χ2n) is 2.91. The Kier molecular flexibility index (Phi) is 2.58. The summed E-state index contributed by atoms with van der Waals surface area (Å²) in [5, 5.41) is 4.24. The number of nitrogens with one attached hydrogen (secondary N) is 1. The average molecular weight is 184 g/mol. The topological polar surface area (TPSA) is 34.1 Å². The molecule has 0 aromatic carbocycles. The van der Waals surface area contributed by atoms with Gasteiger partial charge in [0.25, 0.3) is 0 Å². The zero-order valence-corrected chi connectivity index (χ0v) is 7.64. The predicted molar refractivity (Wildman–Crippen MR) is 48.6 cm³/mol. The van der Waals surface area contributed by atoms with Crippen molar-refractivity contribution >= 4 is 11.3 Å². The highest BCUT2D eigenvalue weighted by Gasteiger charge is 2.14. The summed E-state index contributed by atoms with van der Waals surface area (Å²) >= 11 is 1.56. The number of ether oxygens (including phenoxy) is 1. The van der Waals surface area contributed by atoms with Gasteiger partial charge in [0.05, 0.1) is 11.7 Å². The van der Waals surface area contributed by atoms with E-state index in [4.69, 9.17) is 4.74 Å². The molecule has 0 bridgehead atoms. The van der Waals surface area contributed by atoms with Gasteiger partial charge in [0.1, 0.15) is 6.10 Å². The van der Waals surface area contributed by atoms with Crippen LogP contribution in [-0.4, -0.2) is 24.2 Å². The van der Waals surface area contributed by atoms with Gasteiger partial charge in [-0.05, 0) is 19.4 Å². The van der Waals surface area contributed by atoms with Crippen LogP contribution in [-0.2, 0) is 0 Å². The Bertz CT molecular complexity index is 219. The zero-order valence-electron chi connectivity index (χ0n) is 6.82. The third-order valence-electron chi connectivity index (χ3n) is 1.94. The van der Waals surface area contributed by atoms with E-state index in [9.17, 15) is 0 Å². The summed E-state index contributed by atoms with van der Waals surface area (Å²) in [7, 11) is 0. The van der Waals surface area contributed by atoms with Crippen molar-refractivity contribution in [2.75, 3.05) is 13.1 Å². The summed E-state index contributed by atoms with van der Waals surface area (Å²) in [6.45, 7) is 2.10. The molecule has 1 unspecified atom stereocenters. The molecule has 0 aliphatic carbocycles. The van der Waals surface area contributed by atoms with Crippen molar-refractivity contribution < 1.29 is 4.74 Å². The average Bonchev–Trinajstić information content (AvgIpc) is 2.59. The standard InChI is InChI=1S/C8H12N2OS/c1-2-7(4-9-3-1)11-8-5-10-6-12-8/h5-7,9H,1-4H2. The van der Waals surface area contributed by atoms with E-state index in [0.717, 1.165) is 24.6 Å². The second-order valence-corrected chi connectivity index (χ2v) is 3.76. The molecule has 0 spiro atoms. The van der Waals surface area contributed by atoms with Gasteiger partial charge < -0.3 is 10.1 Å². The van der Waals surface area contributed by atoms with Gasteiger partial charge in [-0.3, -0.25) is 0 Å². The quantitative estimate of drug-likeness (QED) is 0.751. The summed E-state index contributed by atoms with van der Waals surface area (Å²) in [5.41, 5.74) is 1.80. The summed E-state index contributed by atoms with van der Waals surface area (Å²) in [6, 6.07) is 0. The monoisotopic (exact) mass is 184 g/mol. The lowest BCUT2D eigenvalue weighted by Gasteiger charge is -2.22. The maximum absolute atomic E-state index is 5.69. The van der Waals surface area contributed by atoms with E-state index in [2.05, 4.69) is 10.3 Å². The smallest absolute Gasteiger partial charge is 0.194 e. The molecule has 3 nitrogen and oxygen atoms in total. The lowest BCUT2D eigenvalue weighted by atomic mass is 10.1. The van der Waals surface area contributed by atoms with Crippen LogP contribution in [0.2, 0.25) is 0 Å². The van der Waals surface area contributed by atoms with Crippen LogP contribution >= 0.6 is 11.3 Å². The normalized spacial score (nSPS) is 23.8. The summed E-state index contributed by atoms with van der Waals surface area (Å²) in [6.07, 6.45) is 4.49. The molecule has 2 rings (SSSR count). The van der Waals surface area contributed by atoms with Crippen LogP contribution in [0.1, 0.15) is 12.8 Å². The molecule has 1 saturated heterocycles.